The monoisotopic (exact) mass is 434 g/mol. The van der Waals surface area contributed by atoms with Crippen molar-refractivity contribution in [2.45, 2.75) is 6.42 Å². The fraction of sp³-hybridized carbons (Fsp3) is 0.0476. The summed E-state index contributed by atoms with van der Waals surface area (Å²) in [7, 11) is 0. The zero-order chi connectivity index (χ0) is 20.8. The third kappa shape index (κ3) is 3.04. The van der Waals surface area contributed by atoms with Gasteiger partial charge in [0.2, 0.25) is 0 Å². The van der Waals surface area contributed by atoms with E-state index >= 15 is 0 Å². The molecular weight excluding hydrogens is 420 g/mol. The lowest BCUT2D eigenvalue weighted by Gasteiger charge is -2.16. The molecule has 0 aliphatic heterocycles. The Bertz CT molecular complexity index is 1350. The van der Waals surface area contributed by atoms with Crippen LogP contribution in [0.3, 0.4) is 0 Å². The number of nitrogens with two attached hydrogens (primary N) is 1. The van der Waals surface area contributed by atoms with E-state index in [0.717, 1.165) is 33.0 Å². The summed E-state index contributed by atoms with van der Waals surface area (Å²) >= 11 is 6.37. The molecular formula is C21H14N4O3S2. The lowest BCUT2D eigenvalue weighted by atomic mass is 10.0. The normalized spacial score (nSPS) is 11.7. The topological polar surface area (TPSA) is 98.4 Å². The van der Waals surface area contributed by atoms with Crippen molar-refractivity contribution in [2.75, 3.05) is 10.7 Å². The number of furan rings is 1. The lowest BCUT2D eigenvalue weighted by molar-refractivity contribution is -0.483. The molecule has 2 aromatic heterocycles. The zero-order valence-corrected chi connectivity index (χ0v) is 17.1. The smallest absolute Gasteiger partial charge is 0.257 e. The molecule has 7 nitrogen and oxygen atoms in total. The van der Waals surface area contributed by atoms with Crippen molar-refractivity contribution in [3.05, 3.63) is 85.9 Å². The van der Waals surface area contributed by atoms with Crippen LogP contribution in [0.15, 0.2) is 65.3 Å². The van der Waals surface area contributed by atoms with Gasteiger partial charge < -0.3 is 10.2 Å². The fourth-order valence-corrected chi connectivity index (χ4v) is 4.74. The molecule has 0 radical (unpaired) electrons. The minimum absolute atomic E-state index is 0.112. The molecule has 0 unspecified atom stereocenters. The van der Waals surface area contributed by atoms with E-state index in [0.29, 0.717) is 27.4 Å². The van der Waals surface area contributed by atoms with Gasteiger partial charge in [-0.2, -0.15) is 0 Å². The molecule has 1 aliphatic rings. The van der Waals surface area contributed by atoms with E-state index in [1.54, 1.807) is 30.3 Å². The summed E-state index contributed by atoms with van der Waals surface area (Å²) in [5.41, 5.74) is 11.5. The second-order valence-corrected chi connectivity index (χ2v) is 8.48. The van der Waals surface area contributed by atoms with Gasteiger partial charge in [0.1, 0.15) is 11.4 Å². The molecule has 0 amide bonds. The van der Waals surface area contributed by atoms with Crippen molar-refractivity contribution >= 4 is 40.1 Å². The Morgan fingerprint density at radius 3 is 2.73 bits per heavy atom. The van der Waals surface area contributed by atoms with Crippen molar-refractivity contribution in [1.29, 1.82) is 0 Å². The van der Waals surface area contributed by atoms with E-state index < -0.39 is 5.03 Å². The molecule has 2 aromatic carbocycles. The van der Waals surface area contributed by atoms with Crippen LogP contribution in [0.5, 0.6) is 0 Å². The maximum atomic E-state index is 12.1. The average molecular weight is 435 g/mol. The van der Waals surface area contributed by atoms with E-state index in [2.05, 4.69) is 11.1 Å². The van der Waals surface area contributed by atoms with Crippen molar-refractivity contribution in [1.82, 2.24) is 4.98 Å². The molecule has 0 atom stereocenters. The molecule has 1 aliphatic carbocycles. The maximum absolute atomic E-state index is 12.1. The number of hydrazine groups is 1. The Balaban J connectivity index is 1.65. The first-order valence-electron chi connectivity index (χ1n) is 9.02. The summed E-state index contributed by atoms with van der Waals surface area (Å²) in [4.78, 5) is 16.5. The van der Waals surface area contributed by atoms with E-state index in [9.17, 15) is 10.1 Å². The number of hydrogen-bond donors (Lipinski definition) is 1. The maximum Gasteiger partial charge on any atom is 0.257 e. The van der Waals surface area contributed by atoms with Crippen LogP contribution in [0.2, 0.25) is 0 Å². The van der Waals surface area contributed by atoms with Gasteiger partial charge >= 0.3 is 0 Å². The third-order valence-electron chi connectivity index (χ3n) is 4.95. The Hall–Kier alpha value is -3.56. The highest BCUT2D eigenvalue weighted by molar-refractivity contribution is 7.73. The second kappa shape index (κ2) is 7.05. The van der Waals surface area contributed by atoms with Gasteiger partial charge in [0, 0.05) is 0 Å². The predicted molar refractivity (Wildman–Crippen MR) is 119 cm³/mol. The van der Waals surface area contributed by atoms with Crippen LogP contribution in [0, 0.1) is 13.9 Å². The van der Waals surface area contributed by atoms with Gasteiger partial charge in [-0.05, 0) is 64.0 Å². The highest BCUT2D eigenvalue weighted by Gasteiger charge is 2.29. The summed E-state index contributed by atoms with van der Waals surface area (Å²) in [6, 6.07) is 16.7. The van der Waals surface area contributed by atoms with Crippen LogP contribution < -0.4 is 10.7 Å². The van der Waals surface area contributed by atoms with Crippen LogP contribution >= 0.6 is 23.6 Å². The largest absolute Gasteiger partial charge is 0.463 e. The fourth-order valence-electron chi connectivity index (χ4n) is 3.66. The average Bonchev–Trinajstić information content (AvgIpc) is 3.36. The van der Waals surface area contributed by atoms with Crippen molar-refractivity contribution in [2.24, 2.45) is 0 Å². The molecule has 2 heterocycles. The third-order valence-corrected chi connectivity index (χ3v) is 6.08. The van der Waals surface area contributed by atoms with Gasteiger partial charge in [-0.3, -0.25) is 0 Å². The Labute approximate surface area is 180 Å². The van der Waals surface area contributed by atoms with Crippen LogP contribution in [0.25, 0.3) is 22.6 Å². The van der Waals surface area contributed by atoms with Crippen LogP contribution in [0.1, 0.15) is 11.1 Å². The van der Waals surface area contributed by atoms with E-state index in [-0.39, 0.29) is 10.8 Å². The number of rotatable bonds is 4. The first kappa shape index (κ1) is 18.5. The summed E-state index contributed by atoms with van der Waals surface area (Å²) < 4.78 is 5.83. The molecule has 0 bridgehead atoms. The number of nitrogens with zero attached hydrogens (tertiary/aromatic N) is 3. The van der Waals surface area contributed by atoms with Crippen LogP contribution in [0.4, 0.5) is 16.5 Å². The molecule has 0 saturated carbocycles. The minimum Gasteiger partial charge on any atom is -0.463 e. The zero-order valence-electron chi connectivity index (χ0n) is 15.4. The predicted octanol–water partition coefficient (Wildman–Crippen LogP) is 5.62. The van der Waals surface area contributed by atoms with Crippen molar-refractivity contribution < 1.29 is 9.45 Å². The molecule has 9 heteroatoms. The van der Waals surface area contributed by atoms with E-state index in [1.165, 1.54) is 11.8 Å². The van der Waals surface area contributed by atoms with Gasteiger partial charge in [-0.15, -0.1) is 0 Å². The quantitative estimate of drug-likeness (QED) is 0.170. The molecule has 148 valence electrons. The van der Waals surface area contributed by atoms with Gasteiger partial charge in [0.25, 0.3) is 5.13 Å². The number of nitrogen functional groups attached to an aromatic ring is 1. The Morgan fingerprint density at radius 2 is 1.97 bits per heavy atom. The minimum atomic E-state index is -0.528. The molecule has 2 N–H and O–H groups in total. The van der Waals surface area contributed by atoms with E-state index in [1.807, 2.05) is 18.2 Å². The number of fused-ring (bicyclic) bond motifs is 3. The summed E-state index contributed by atoms with van der Waals surface area (Å²) in [5, 5.41) is 12.5. The molecule has 0 fully saturated rings. The summed E-state index contributed by atoms with van der Waals surface area (Å²) in [6.45, 7) is 0. The van der Waals surface area contributed by atoms with Crippen LogP contribution in [-0.2, 0) is 6.42 Å². The van der Waals surface area contributed by atoms with Gasteiger partial charge in [-0.1, -0.05) is 47.8 Å². The van der Waals surface area contributed by atoms with E-state index in [4.69, 9.17) is 22.4 Å². The first-order chi connectivity index (χ1) is 14.5. The lowest BCUT2D eigenvalue weighted by Crippen LogP contribution is -2.26. The summed E-state index contributed by atoms with van der Waals surface area (Å²) in [5.74, 6) is 0.482. The molecule has 5 rings (SSSR count). The van der Waals surface area contributed by atoms with Gasteiger partial charge in [0.05, 0.1) is 15.8 Å². The Morgan fingerprint density at radius 1 is 1.13 bits per heavy atom. The van der Waals surface area contributed by atoms with Crippen molar-refractivity contribution in [3.8, 4) is 22.6 Å². The SMILES string of the molecule is Nc1cc2c(cc1N(c1nc(-c3ccco3)cc(=S)s1)[N+](=O)[O-])Cc1ccccc1-2. The van der Waals surface area contributed by atoms with Crippen LogP contribution in [-0.4, -0.2) is 10.0 Å². The number of benzene rings is 2. The van der Waals surface area contributed by atoms with Gasteiger partial charge in [-0.25, -0.2) is 15.1 Å². The highest BCUT2D eigenvalue weighted by Crippen LogP contribution is 2.43. The molecule has 0 spiro atoms. The summed E-state index contributed by atoms with van der Waals surface area (Å²) in [6.07, 6.45) is 2.21. The van der Waals surface area contributed by atoms with Gasteiger partial charge in [0.15, 0.2) is 10.8 Å². The molecule has 30 heavy (non-hydrogen) atoms. The number of hydrogen-bond acceptors (Lipinski definition) is 7. The molecule has 4 aromatic rings. The standard InChI is InChI=1S/C21H14N4O3S2/c22-16-10-15-13(8-12-4-1-2-5-14(12)15)9-18(16)24(25(26)27)21-23-17(11-20(29)30-21)19-6-3-7-28-19/h1-7,9-11H,8,22H2. The Kier molecular flexibility index (Phi) is 4.34. The molecule has 0 saturated heterocycles. The first-order valence-corrected chi connectivity index (χ1v) is 10.2. The highest BCUT2D eigenvalue weighted by atomic mass is 32.1. The second-order valence-electron chi connectivity index (χ2n) is 6.77. The van der Waals surface area contributed by atoms with Crippen molar-refractivity contribution in [3.63, 3.8) is 0 Å². The number of anilines is 3. The number of nitro groups is 1. The number of aromatic nitrogens is 1.